The zero-order valence-electron chi connectivity index (χ0n) is 12.5. The fourth-order valence-electron chi connectivity index (χ4n) is 2.15. The van der Waals surface area contributed by atoms with E-state index in [1.54, 1.807) is 14.2 Å². The van der Waals surface area contributed by atoms with Crippen LogP contribution in [0.3, 0.4) is 0 Å². The van der Waals surface area contributed by atoms with Crippen molar-refractivity contribution in [1.82, 2.24) is 0 Å². The first-order valence-corrected chi connectivity index (χ1v) is 6.66. The first-order valence-electron chi connectivity index (χ1n) is 6.66. The molecule has 0 radical (unpaired) electrons. The molecule has 0 atom stereocenters. The normalized spacial score (nSPS) is 10.2. The smallest absolute Gasteiger partial charge is 0.142 e. The van der Waals surface area contributed by atoms with Crippen LogP contribution in [0.4, 0.5) is 5.69 Å². The lowest BCUT2D eigenvalue weighted by Crippen LogP contribution is -2.04. The first kappa shape index (κ1) is 14.3. The number of nitrogens with one attached hydrogen (secondary N) is 1. The van der Waals surface area contributed by atoms with Crippen LogP contribution >= 0.6 is 0 Å². The van der Waals surface area contributed by atoms with Crippen molar-refractivity contribution in [3.8, 4) is 11.5 Å². The number of ether oxygens (including phenoxy) is 2. The number of methoxy groups -OCH3 is 2. The molecule has 106 valence electrons. The summed E-state index contributed by atoms with van der Waals surface area (Å²) in [5.41, 5.74) is 4.85. The number of anilines is 1. The van der Waals surface area contributed by atoms with E-state index in [9.17, 15) is 0 Å². The Morgan fingerprint density at radius 3 is 2.50 bits per heavy atom. The summed E-state index contributed by atoms with van der Waals surface area (Å²) in [6.45, 7) is 5.04. The Labute approximate surface area is 120 Å². The molecule has 0 heterocycles. The van der Waals surface area contributed by atoms with Crippen molar-refractivity contribution in [3.05, 3.63) is 53.1 Å². The molecule has 3 heteroatoms. The summed E-state index contributed by atoms with van der Waals surface area (Å²) in [6, 6.07) is 12.1. The van der Waals surface area contributed by atoms with Crippen molar-refractivity contribution >= 4 is 5.69 Å². The summed E-state index contributed by atoms with van der Waals surface area (Å²) < 4.78 is 10.6. The number of hydrogen-bond donors (Lipinski definition) is 1. The van der Waals surface area contributed by atoms with E-state index in [-0.39, 0.29) is 0 Å². The molecule has 2 aromatic rings. The number of hydrogen-bond acceptors (Lipinski definition) is 3. The van der Waals surface area contributed by atoms with Gasteiger partial charge in [0.25, 0.3) is 0 Å². The van der Waals surface area contributed by atoms with Gasteiger partial charge >= 0.3 is 0 Å². The van der Waals surface area contributed by atoms with E-state index >= 15 is 0 Å². The van der Waals surface area contributed by atoms with E-state index in [2.05, 4.69) is 37.4 Å². The molecule has 20 heavy (non-hydrogen) atoms. The molecule has 0 unspecified atom stereocenters. The summed E-state index contributed by atoms with van der Waals surface area (Å²) in [5, 5.41) is 3.42. The molecule has 2 rings (SSSR count). The average Bonchev–Trinajstić information content (AvgIpc) is 2.48. The third-order valence-corrected chi connectivity index (χ3v) is 3.59. The van der Waals surface area contributed by atoms with E-state index in [4.69, 9.17) is 9.47 Å². The van der Waals surface area contributed by atoms with Gasteiger partial charge in [-0.05, 0) is 42.7 Å². The Hall–Kier alpha value is -2.16. The molecule has 0 aromatic heterocycles. The van der Waals surface area contributed by atoms with Crippen molar-refractivity contribution in [2.24, 2.45) is 0 Å². The van der Waals surface area contributed by atoms with E-state index in [1.165, 1.54) is 16.7 Å². The minimum Gasteiger partial charge on any atom is -0.497 e. The SMILES string of the molecule is COc1ccc(OC)c(NCc2cccc(C)c2C)c1. The Morgan fingerprint density at radius 2 is 1.80 bits per heavy atom. The second kappa shape index (κ2) is 6.33. The van der Waals surface area contributed by atoms with Crippen molar-refractivity contribution < 1.29 is 9.47 Å². The number of benzene rings is 2. The molecule has 0 aliphatic carbocycles. The van der Waals surface area contributed by atoms with Gasteiger partial charge in [0.15, 0.2) is 0 Å². The molecular formula is C17H21NO2. The predicted molar refractivity (Wildman–Crippen MR) is 82.8 cm³/mol. The summed E-state index contributed by atoms with van der Waals surface area (Å²) in [7, 11) is 3.33. The molecule has 0 aliphatic heterocycles. The van der Waals surface area contributed by atoms with Crippen LogP contribution in [-0.4, -0.2) is 14.2 Å². The molecular weight excluding hydrogens is 250 g/mol. The standard InChI is InChI=1S/C17H21NO2/c1-12-6-5-7-14(13(12)2)11-18-16-10-15(19-3)8-9-17(16)20-4/h5-10,18H,11H2,1-4H3. The average molecular weight is 271 g/mol. The molecule has 0 spiro atoms. The van der Waals surface area contributed by atoms with E-state index in [0.29, 0.717) is 0 Å². The molecule has 0 saturated carbocycles. The summed E-state index contributed by atoms with van der Waals surface area (Å²) >= 11 is 0. The third-order valence-electron chi connectivity index (χ3n) is 3.59. The number of aryl methyl sites for hydroxylation is 1. The highest BCUT2D eigenvalue weighted by Crippen LogP contribution is 2.29. The maximum absolute atomic E-state index is 5.37. The molecule has 0 saturated heterocycles. The minimum absolute atomic E-state index is 0.761. The lowest BCUT2D eigenvalue weighted by atomic mass is 10.0. The Balaban J connectivity index is 2.19. The molecule has 3 nitrogen and oxygen atoms in total. The molecule has 0 amide bonds. The molecule has 0 bridgehead atoms. The topological polar surface area (TPSA) is 30.5 Å². The molecule has 0 fully saturated rings. The van der Waals surface area contributed by atoms with Crippen LogP contribution in [0.15, 0.2) is 36.4 Å². The van der Waals surface area contributed by atoms with Crippen molar-refractivity contribution in [2.75, 3.05) is 19.5 Å². The molecule has 1 N–H and O–H groups in total. The highest BCUT2D eigenvalue weighted by atomic mass is 16.5. The summed E-state index contributed by atoms with van der Waals surface area (Å²) in [4.78, 5) is 0. The van der Waals surface area contributed by atoms with Gasteiger partial charge in [-0.15, -0.1) is 0 Å². The Kier molecular flexibility index (Phi) is 4.51. The zero-order chi connectivity index (χ0) is 14.5. The van der Waals surface area contributed by atoms with E-state index in [1.807, 2.05) is 18.2 Å². The van der Waals surface area contributed by atoms with Gasteiger partial charge in [0, 0.05) is 12.6 Å². The zero-order valence-corrected chi connectivity index (χ0v) is 12.5. The minimum atomic E-state index is 0.761. The van der Waals surface area contributed by atoms with Gasteiger partial charge in [0.05, 0.1) is 19.9 Å². The lowest BCUT2D eigenvalue weighted by molar-refractivity contribution is 0.404. The third kappa shape index (κ3) is 3.05. The van der Waals surface area contributed by atoms with Crippen LogP contribution in [0.25, 0.3) is 0 Å². The second-order valence-electron chi connectivity index (χ2n) is 4.78. The van der Waals surface area contributed by atoms with Crippen LogP contribution in [0.1, 0.15) is 16.7 Å². The van der Waals surface area contributed by atoms with Crippen molar-refractivity contribution in [2.45, 2.75) is 20.4 Å². The van der Waals surface area contributed by atoms with Crippen LogP contribution in [0.5, 0.6) is 11.5 Å². The largest absolute Gasteiger partial charge is 0.497 e. The van der Waals surface area contributed by atoms with Gasteiger partial charge in [-0.2, -0.15) is 0 Å². The maximum atomic E-state index is 5.37. The van der Waals surface area contributed by atoms with E-state index < -0.39 is 0 Å². The van der Waals surface area contributed by atoms with Crippen LogP contribution in [0, 0.1) is 13.8 Å². The lowest BCUT2D eigenvalue weighted by Gasteiger charge is -2.14. The second-order valence-corrected chi connectivity index (χ2v) is 4.78. The van der Waals surface area contributed by atoms with Crippen LogP contribution in [0.2, 0.25) is 0 Å². The monoisotopic (exact) mass is 271 g/mol. The fraction of sp³-hybridized carbons (Fsp3) is 0.294. The first-order chi connectivity index (χ1) is 9.65. The highest BCUT2D eigenvalue weighted by molar-refractivity contribution is 5.60. The van der Waals surface area contributed by atoms with E-state index in [0.717, 1.165) is 23.7 Å². The van der Waals surface area contributed by atoms with Gasteiger partial charge in [-0.25, -0.2) is 0 Å². The summed E-state index contributed by atoms with van der Waals surface area (Å²) in [5.74, 6) is 1.63. The molecule has 0 aliphatic rings. The van der Waals surface area contributed by atoms with Crippen molar-refractivity contribution in [3.63, 3.8) is 0 Å². The maximum Gasteiger partial charge on any atom is 0.142 e. The van der Waals surface area contributed by atoms with Gasteiger partial charge in [0.2, 0.25) is 0 Å². The van der Waals surface area contributed by atoms with Gasteiger partial charge in [0.1, 0.15) is 11.5 Å². The summed E-state index contributed by atoms with van der Waals surface area (Å²) in [6.07, 6.45) is 0. The van der Waals surface area contributed by atoms with Crippen molar-refractivity contribution in [1.29, 1.82) is 0 Å². The predicted octanol–water partition coefficient (Wildman–Crippen LogP) is 3.93. The van der Waals surface area contributed by atoms with Gasteiger partial charge in [-0.3, -0.25) is 0 Å². The highest BCUT2D eigenvalue weighted by Gasteiger charge is 2.06. The Bertz CT molecular complexity index is 594. The van der Waals surface area contributed by atoms with Crippen LogP contribution in [-0.2, 0) is 6.54 Å². The quantitative estimate of drug-likeness (QED) is 0.893. The molecule has 2 aromatic carbocycles. The van der Waals surface area contributed by atoms with Gasteiger partial charge < -0.3 is 14.8 Å². The number of rotatable bonds is 5. The Morgan fingerprint density at radius 1 is 1.00 bits per heavy atom. The fourth-order valence-corrected chi connectivity index (χ4v) is 2.15. The van der Waals surface area contributed by atoms with Gasteiger partial charge in [-0.1, -0.05) is 18.2 Å². The van der Waals surface area contributed by atoms with Crippen LogP contribution < -0.4 is 14.8 Å².